The van der Waals surface area contributed by atoms with Gasteiger partial charge in [-0.25, -0.2) is 14.6 Å². The number of rotatable bonds is 10. The number of imidazole rings is 1. The van der Waals surface area contributed by atoms with Gasteiger partial charge in [0.25, 0.3) is 0 Å². The van der Waals surface area contributed by atoms with Gasteiger partial charge in [-0.15, -0.1) is 0 Å². The van der Waals surface area contributed by atoms with Crippen LogP contribution in [0.5, 0.6) is 0 Å². The number of aryl methyl sites for hydroxylation is 1. The lowest BCUT2D eigenvalue weighted by molar-refractivity contribution is 0.133. The van der Waals surface area contributed by atoms with Crippen molar-refractivity contribution < 1.29 is 9.59 Å². The first-order valence-electron chi connectivity index (χ1n) is 16.6. The molecule has 6 rings (SSSR count). The van der Waals surface area contributed by atoms with E-state index in [1.165, 1.54) is 0 Å². The maximum Gasteiger partial charge on any atom is 0.322 e. The van der Waals surface area contributed by atoms with Crippen molar-refractivity contribution in [3.05, 3.63) is 88.2 Å². The summed E-state index contributed by atoms with van der Waals surface area (Å²) in [6.45, 7) is 3.65. The molecule has 1 aromatic heterocycles. The third-order valence-electron chi connectivity index (χ3n) is 9.37. The summed E-state index contributed by atoms with van der Waals surface area (Å²) in [5, 5.41) is 6.46. The molecule has 2 N–H and O–H groups in total. The Balaban J connectivity index is 1.19. The van der Waals surface area contributed by atoms with E-state index in [0.717, 1.165) is 83.3 Å². The third-order valence-corrected chi connectivity index (χ3v) is 10.1. The number of anilines is 1. The number of para-hydroxylation sites is 3. The minimum absolute atomic E-state index is 0.0591. The molecule has 1 saturated heterocycles. The third kappa shape index (κ3) is 7.84. The van der Waals surface area contributed by atoms with Crippen LogP contribution in [-0.2, 0) is 19.4 Å². The molecule has 4 aromatic rings. The molecule has 3 heterocycles. The van der Waals surface area contributed by atoms with Gasteiger partial charge in [0, 0.05) is 42.4 Å². The molecule has 0 saturated carbocycles. The number of aromatic nitrogens is 2. The van der Waals surface area contributed by atoms with E-state index in [-0.39, 0.29) is 24.1 Å². The summed E-state index contributed by atoms with van der Waals surface area (Å²) >= 11 is 3.51. The zero-order valence-electron chi connectivity index (χ0n) is 27.3. The van der Waals surface area contributed by atoms with E-state index in [9.17, 15) is 9.59 Å². The van der Waals surface area contributed by atoms with Gasteiger partial charge in [-0.3, -0.25) is 0 Å². The van der Waals surface area contributed by atoms with Crippen LogP contribution in [0.1, 0.15) is 48.7 Å². The quantitative estimate of drug-likeness (QED) is 0.170. The lowest BCUT2D eigenvalue weighted by Gasteiger charge is -2.38. The number of nitrogens with zero attached hydrogens (tertiary/aromatic N) is 5. The number of amides is 4. The Morgan fingerprint density at radius 3 is 2.62 bits per heavy atom. The maximum absolute atomic E-state index is 14.0. The Labute approximate surface area is 287 Å². The fourth-order valence-electron chi connectivity index (χ4n) is 6.81. The standard InChI is InChI=1S/C36H43BBrN7O2/c1-42(2)18-7-8-19-45-33-12-6-5-11-31(33)39-34(45)32(24-25-13-14-29(38)28(37)23-25)41-35(46)43-20-16-27(17-21-43)44-22-15-26-9-3-4-10-30(26)40-36(44)47/h3-6,9-14,23,27,32H,7-8,15-22,24H2,1-2H3,(H,40,47)(H,41,46). The number of carbonyl (C=O) groups is 2. The van der Waals surface area contributed by atoms with Crippen molar-refractivity contribution >= 4 is 58.0 Å². The van der Waals surface area contributed by atoms with Crippen LogP contribution in [0.25, 0.3) is 11.0 Å². The molecule has 244 valence electrons. The molecule has 2 radical (unpaired) electrons. The summed E-state index contributed by atoms with van der Waals surface area (Å²) < 4.78 is 3.13. The van der Waals surface area contributed by atoms with Crippen LogP contribution < -0.4 is 16.1 Å². The van der Waals surface area contributed by atoms with Crippen LogP contribution in [0.2, 0.25) is 0 Å². The van der Waals surface area contributed by atoms with Crippen molar-refractivity contribution in [2.24, 2.45) is 0 Å². The average Bonchev–Trinajstić information content (AvgIpc) is 3.34. The molecule has 47 heavy (non-hydrogen) atoms. The van der Waals surface area contributed by atoms with Crippen molar-refractivity contribution in [3.8, 4) is 0 Å². The number of benzene rings is 3. The summed E-state index contributed by atoms with van der Waals surface area (Å²) in [7, 11) is 10.5. The molecular weight excluding hydrogens is 653 g/mol. The monoisotopic (exact) mass is 695 g/mol. The molecule has 0 aliphatic carbocycles. The van der Waals surface area contributed by atoms with Crippen LogP contribution >= 0.6 is 15.9 Å². The molecule has 3 aromatic carbocycles. The number of unbranched alkanes of at least 4 members (excludes halogenated alkanes) is 1. The number of urea groups is 2. The predicted octanol–water partition coefficient (Wildman–Crippen LogP) is 5.48. The highest BCUT2D eigenvalue weighted by Gasteiger charge is 2.32. The van der Waals surface area contributed by atoms with Crippen molar-refractivity contribution in [2.75, 3.05) is 45.6 Å². The van der Waals surface area contributed by atoms with Crippen LogP contribution in [0.4, 0.5) is 15.3 Å². The number of nitrogens with one attached hydrogen (secondary N) is 2. The topological polar surface area (TPSA) is 85.7 Å². The van der Waals surface area contributed by atoms with Crippen LogP contribution in [0, 0.1) is 0 Å². The average molecular weight is 697 g/mol. The van der Waals surface area contributed by atoms with Gasteiger partial charge in [0.05, 0.1) is 17.1 Å². The van der Waals surface area contributed by atoms with Crippen LogP contribution in [0.15, 0.2) is 71.2 Å². The second kappa shape index (κ2) is 14.9. The Bertz CT molecular complexity index is 1720. The van der Waals surface area contributed by atoms with E-state index in [0.29, 0.717) is 31.5 Å². The van der Waals surface area contributed by atoms with Gasteiger partial charge in [0.1, 0.15) is 13.7 Å². The molecule has 0 spiro atoms. The zero-order valence-corrected chi connectivity index (χ0v) is 28.9. The lowest BCUT2D eigenvalue weighted by Crippen LogP contribution is -2.52. The lowest BCUT2D eigenvalue weighted by atomic mass is 9.92. The highest BCUT2D eigenvalue weighted by atomic mass is 79.9. The Morgan fingerprint density at radius 1 is 1.06 bits per heavy atom. The number of fused-ring (bicyclic) bond motifs is 2. The predicted molar refractivity (Wildman–Crippen MR) is 192 cm³/mol. The second-order valence-corrected chi connectivity index (χ2v) is 13.8. The van der Waals surface area contributed by atoms with E-state index in [1.54, 1.807) is 0 Å². The van der Waals surface area contributed by atoms with Crippen molar-refractivity contribution in [3.63, 3.8) is 0 Å². The second-order valence-electron chi connectivity index (χ2n) is 12.9. The number of halogens is 1. The van der Waals surface area contributed by atoms with E-state index in [2.05, 4.69) is 62.3 Å². The normalized spacial score (nSPS) is 16.2. The molecule has 2 aliphatic rings. The van der Waals surface area contributed by atoms with E-state index in [1.807, 2.05) is 64.4 Å². The first-order chi connectivity index (χ1) is 22.8. The molecular formula is C36H43BBrN7O2. The first-order valence-corrected chi connectivity index (χ1v) is 17.4. The van der Waals surface area contributed by atoms with Crippen molar-refractivity contribution in [1.82, 2.24) is 29.6 Å². The summed E-state index contributed by atoms with van der Waals surface area (Å²) in [6, 6.07) is 21.7. The van der Waals surface area contributed by atoms with Gasteiger partial charge < -0.3 is 29.9 Å². The molecule has 9 nitrogen and oxygen atoms in total. The van der Waals surface area contributed by atoms with Gasteiger partial charge in [-0.05, 0) is 94.6 Å². The Kier molecular flexibility index (Phi) is 10.5. The van der Waals surface area contributed by atoms with Crippen LogP contribution in [0.3, 0.4) is 0 Å². The van der Waals surface area contributed by atoms with E-state index >= 15 is 0 Å². The Hall–Kier alpha value is -3.83. The minimum Gasteiger partial charge on any atom is -0.328 e. The highest BCUT2D eigenvalue weighted by molar-refractivity contribution is 9.10. The fraction of sp³-hybridized carbons (Fsp3) is 0.417. The van der Waals surface area contributed by atoms with E-state index < -0.39 is 0 Å². The highest BCUT2D eigenvalue weighted by Crippen LogP contribution is 2.27. The van der Waals surface area contributed by atoms with Gasteiger partial charge >= 0.3 is 12.1 Å². The molecule has 1 fully saturated rings. The molecule has 1 unspecified atom stereocenters. The van der Waals surface area contributed by atoms with Crippen molar-refractivity contribution in [1.29, 1.82) is 0 Å². The van der Waals surface area contributed by atoms with Crippen LogP contribution in [-0.4, -0.2) is 90.5 Å². The van der Waals surface area contributed by atoms with Crippen molar-refractivity contribution in [2.45, 2.75) is 57.2 Å². The molecule has 4 amide bonds. The van der Waals surface area contributed by atoms with Gasteiger partial charge in [-0.1, -0.05) is 63.9 Å². The van der Waals surface area contributed by atoms with E-state index in [4.69, 9.17) is 12.8 Å². The number of carbonyl (C=O) groups excluding carboxylic acids is 2. The summed E-state index contributed by atoms with van der Waals surface area (Å²) in [4.78, 5) is 38.2. The maximum atomic E-state index is 14.0. The summed E-state index contributed by atoms with van der Waals surface area (Å²) in [5.74, 6) is 0.849. The minimum atomic E-state index is -0.364. The van der Waals surface area contributed by atoms with Gasteiger partial charge in [0.2, 0.25) is 0 Å². The number of piperidine rings is 1. The van der Waals surface area contributed by atoms with Gasteiger partial charge in [0.15, 0.2) is 0 Å². The molecule has 11 heteroatoms. The molecule has 0 bridgehead atoms. The zero-order chi connectivity index (χ0) is 32.9. The summed E-state index contributed by atoms with van der Waals surface area (Å²) in [5.41, 5.74) is 5.71. The number of hydrogen-bond donors (Lipinski definition) is 2. The molecule has 1 atom stereocenters. The largest absolute Gasteiger partial charge is 0.328 e. The molecule has 2 aliphatic heterocycles. The SMILES string of the molecule is [B]c1cc(CC(NC(=O)N2CCC(N3CCc4ccccc4NC3=O)CC2)c2nc3ccccc3n2CCCCN(C)C)ccc1Br. The number of likely N-dealkylation sites (tertiary alicyclic amines) is 1. The Morgan fingerprint density at radius 2 is 1.83 bits per heavy atom. The summed E-state index contributed by atoms with van der Waals surface area (Å²) in [6.07, 6.45) is 4.89. The fourth-order valence-corrected chi connectivity index (χ4v) is 7.06. The smallest absolute Gasteiger partial charge is 0.322 e. The number of hydrogen-bond acceptors (Lipinski definition) is 4. The first kappa shape index (κ1) is 33.1. The van der Waals surface area contributed by atoms with Gasteiger partial charge in [-0.2, -0.15) is 0 Å².